The Morgan fingerprint density at radius 3 is 2.82 bits per heavy atom. The summed E-state index contributed by atoms with van der Waals surface area (Å²) in [5.74, 6) is 0.195. The first-order valence-electron chi connectivity index (χ1n) is 7.33. The van der Waals surface area contributed by atoms with Crippen molar-refractivity contribution in [2.45, 2.75) is 12.8 Å². The van der Waals surface area contributed by atoms with Gasteiger partial charge in [0.1, 0.15) is 0 Å². The molecule has 3 heteroatoms. The Morgan fingerprint density at radius 1 is 1.05 bits per heavy atom. The summed E-state index contributed by atoms with van der Waals surface area (Å²) in [6, 6.07) is 13.9. The molecule has 1 aliphatic rings. The number of nitrogens with one attached hydrogen (secondary N) is 1. The van der Waals surface area contributed by atoms with Gasteiger partial charge in [0, 0.05) is 34.7 Å². The van der Waals surface area contributed by atoms with Gasteiger partial charge in [-0.3, -0.25) is 4.79 Å². The zero-order chi connectivity index (χ0) is 15.1. The lowest BCUT2D eigenvalue weighted by molar-refractivity contribution is -0.113. The lowest BCUT2D eigenvalue weighted by Crippen LogP contribution is -2.12. The molecule has 0 saturated heterocycles. The van der Waals surface area contributed by atoms with Gasteiger partial charge in [-0.1, -0.05) is 41.9 Å². The standard InChI is InChI=1S/C19H14ClNO/c20-16-6-3-7-17-19(16)13(11-21-17)10-15-14-5-2-1-4-12(14)8-9-18(15)22/h1-7,10-11,21H,8-9H2. The number of carbonyl (C=O) groups is 1. The molecule has 3 aromatic rings. The minimum atomic E-state index is 0.195. The van der Waals surface area contributed by atoms with Crippen LogP contribution in [0.1, 0.15) is 23.1 Å². The second-order valence-electron chi connectivity index (χ2n) is 5.54. The first-order valence-corrected chi connectivity index (χ1v) is 7.70. The second kappa shape index (κ2) is 5.15. The molecule has 0 fully saturated rings. The number of aromatic nitrogens is 1. The summed E-state index contributed by atoms with van der Waals surface area (Å²) in [4.78, 5) is 15.6. The Labute approximate surface area is 133 Å². The molecule has 1 N–H and O–H groups in total. The van der Waals surface area contributed by atoms with Gasteiger partial charge in [0.2, 0.25) is 0 Å². The van der Waals surface area contributed by atoms with Gasteiger partial charge in [0.15, 0.2) is 5.78 Å². The second-order valence-corrected chi connectivity index (χ2v) is 5.95. The van der Waals surface area contributed by atoms with Gasteiger partial charge in [-0.2, -0.15) is 0 Å². The summed E-state index contributed by atoms with van der Waals surface area (Å²) in [6.45, 7) is 0. The number of aromatic amines is 1. The van der Waals surface area contributed by atoms with E-state index < -0.39 is 0 Å². The number of hydrogen-bond acceptors (Lipinski definition) is 1. The first kappa shape index (κ1) is 13.4. The van der Waals surface area contributed by atoms with Crippen LogP contribution in [0.15, 0.2) is 48.7 Å². The van der Waals surface area contributed by atoms with Crippen molar-refractivity contribution in [3.05, 3.63) is 70.4 Å². The number of fused-ring (bicyclic) bond motifs is 2. The Bertz CT molecular complexity index is 920. The van der Waals surface area contributed by atoms with E-state index in [4.69, 9.17) is 11.6 Å². The van der Waals surface area contributed by atoms with Crippen molar-refractivity contribution in [1.29, 1.82) is 0 Å². The number of ketones is 1. The number of carbonyl (C=O) groups excluding carboxylic acids is 1. The molecule has 1 heterocycles. The Kier molecular flexibility index (Phi) is 3.12. The maximum absolute atomic E-state index is 12.4. The third-order valence-electron chi connectivity index (χ3n) is 4.21. The molecule has 0 unspecified atom stereocenters. The van der Waals surface area contributed by atoms with Crippen molar-refractivity contribution in [3.8, 4) is 0 Å². The molecule has 22 heavy (non-hydrogen) atoms. The topological polar surface area (TPSA) is 32.9 Å². The van der Waals surface area contributed by atoms with E-state index in [-0.39, 0.29) is 5.78 Å². The SMILES string of the molecule is O=C1CCc2ccccc2C1=Cc1c[nH]c2cccc(Cl)c12. The van der Waals surface area contributed by atoms with Crippen LogP contribution in [0.2, 0.25) is 5.02 Å². The van der Waals surface area contributed by atoms with Crippen LogP contribution in [0.25, 0.3) is 22.6 Å². The van der Waals surface area contributed by atoms with E-state index >= 15 is 0 Å². The first-order chi connectivity index (χ1) is 10.7. The predicted octanol–water partition coefficient (Wildman–Crippen LogP) is 4.88. The Hall–Kier alpha value is -2.32. The van der Waals surface area contributed by atoms with E-state index in [0.717, 1.165) is 34.0 Å². The molecule has 1 aromatic heterocycles. The maximum atomic E-state index is 12.4. The van der Waals surface area contributed by atoms with Gasteiger partial charge in [0.05, 0.1) is 5.02 Å². The molecule has 2 aromatic carbocycles. The third kappa shape index (κ3) is 2.08. The van der Waals surface area contributed by atoms with Crippen LogP contribution >= 0.6 is 11.6 Å². The molecule has 1 aliphatic carbocycles. The highest BCUT2D eigenvalue weighted by Gasteiger charge is 2.21. The average Bonchev–Trinajstić information content (AvgIpc) is 2.95. The summed E-state index contributed by atoms with van der Waals surface area (Å²) in [5.41, 5.74) is 5.00. The van der Waals surface area contributed by atoms with Crippen molar-refractivity contribution in [3.63, 3.8) is 0 Å². The fourth-order valence-electron chi connectivity index (χ4n) is 3.13. The third-order valence-corrected chi connectivity index (χ3v) is 4.53. The largest absolute Gasteiger partial charge is 0.361 e. The number of Topliss-reactive ketones (excluding diaryl/α,β-unsaturated/α-hetero) is 1. The summed E-state index contributed by atoms with van der Waals surface area (Å²) in [7, 11) is 0. The lowest BCUT2D eigenvalue weighted by Gasteiger charge is -2.17. The van der Waals surface area contributed by atoms with Gasteiger partial charge in [-0.25, -0.2) is 0 Å². The fraction of sp³-hybridized carbons (Fsp3) is 0.105. The van der Waals surface area contributed by atoms with Crippen LogP contribution in [0.5, 0.6) is 0 Å². The van der Waals surface area contributed by atoms with Crippen LogP contribution in [0, 0.1) is 0 Å². The number of hydrogen-bond donors (Lipinski definition) is 1. The van der Waals surface area contributed by atoms with Crippen LogP contribution in [0.3, 0.4) is 0 Å². The summed E-state index contributed by atoms with van der Waals surface area (Å²) < 4.78 is 0. The van der Waals surface area contributed by atoms with Crippen molar-refractivity contribution in [2.24, 2.45) is 0 Å². The van der Waals surface area contributed by atoms with Gasteiger partial charge in [-0.05, 0) is 35.8 Å². The average molecular weight is 308 g/mol. The highest BCUT2D eigenvalue weighted by atomic mass is 35.5. The number of rotatable bonds is 1. The fourth-order valence-corrected chi connectivity index (χ4v) is 3.41. The normalized spacial score (nSPS) is 16.2. The van der Waals surface area contributed by atoms with Gasteiger partial charge in [0.25, 0.3) is 0 Å². The molecule has 4 rings (SSSR count). The monoisotopic (exact) mass is 307 g/mol. The van der Waals surface area contributed by atoms with Crippen molar-refractivity contribution < 1.29 is 4.79 Å². The number of aryl methyl sites for hydroxylation is 1. The van der Waals surface area contributed by atoms with Crippen LogP contribution in [-0.2, 0) is 11.2 Å². The van der Waals surface area contributed by atoms with Crippen LogP contribution in [0.4, 0.5) is 0 Å². The van der Waals surface area contributed by atoms with Crippen molar-refractivity contribution >= 4 is 39.9 Å². The van der Waals surface area contributed by atoms with Gasteiger partial charge >= 0.3 is 0 Å². The summed E-state index contributed by atoms with van der Waals surface area (Å²) >= 11 is 6.32. The zero-order valence-electron chi connectivity index (χ0n) is 11.9. The minimum absolute atomic E-state index is 0.195. The van der Waals surface area contributed by atoms with Gasteiger partial charge in [-0.15, -0.1) is 0 Å². The van der Waals surface area contributed by atoms with E-state index in [1.54, 1.807) is 0 Å². The predicted molar refractivity (Wildman–Crippen MR) is 90.9 cm³/mol. The molecule has 0 aliphatic heterocycles. The van der Waals surface area contributed by atoms with E-state index in [9.17, 15) is 4.79 Å². The number of allylic oxidation sites excluding steroid dienone is 1. The lowest BCUT2D eigenvalue weighted by atomic mass is 9.85. The summed E-state index contributed by atoms with van der Waals surface area (Å²) in [6.07, 6.45) is 5.26. The van der Waals surface area contributed by atoms with Crippen molar-refractivity contribution in [2.75, 3.05) is 0 Å². The highest BCUT2D eigenvalue weighted by molar-refractivity contribution is 6.36. The molecule has 0 bridgehead atoms. The minimum Gasteiger partial charge on any atom is -0.361 e. The number of halogens is 1. The van der Waals surface area contributed by atoms with E-state index in [1.165, 1.54) is 5.56 Å². The highest BCUT2D eigenvalue weighted by Crippen LogP contribution is 2.33. The number of H-pyrrole nitrogens is 1. The molecule has 108 valence electrons. The molecule has 0 radical (unpaired) electrons. The molecule has 0 spiro atoms. The Balaban J connectivity index is 1.93. The quantitative estimate of drug-likeness (QED) is 0.639. The Morgan fingerprint density at radius 2 is 1.91 bits per heavy atom. The molecule has 2 nitrogen and oxygen atoms in total. The van der Waals surface area contributed by atoms with Crippen LogP contribution in [-0.4, -0.2) is 10.8 Å². The van der Waals surface area contributed by atoms with Gasteiger partial charge < -0.3 is 4.98 Å². The zero-order valence-corrected chi connectivity index (χ0v) is 12.7. The van der Waals surface area contributed by atoms with E-state index in [0.29, 0.717) is 11.4 Å². The molecule has 0 saturated carbocycles. The molecule has 0 amide bonds. The van der Waals surface area contributed by atoms with E-state index in [1.807, 2.05) is 48.7 Å². The molecular weight excluding hydrogens is 294 g/mol. The molecule has 0 atom stereocenters. The number of benzene rings is 2. The smallest absolute Gasteiger partial charge is 0.163 e. The van der Waals surface area contributed by atoms with Crippen LogP contribution < -0.4 is 0 Å². The maximum Gasteiger partial charge on any atom is 0.163 e. The summed E-state index contributed by atoms with van der Waals surface area (Å²) in [5, 5.41) is 1.66. The molecular formula is C19H14ClNO. The van der Waals surface area contributed by atoms with Crippen molar-refractivity contribution in [1.82, 2.24) is 4.98 Å². The van der Waals surface area contributed by atoms with E-state index in [2.05, 4.69) is 11.1 Å².